The summed E-state index contributed by atoms with van der Waals surface area (Å²) in [6.45, 7) is 2.32. The number of fused-ring (bicyclic) bond motifs is 1. The highest BCUT2D eigenvalue weighted by Gasteiger charge is 2.46. The second kappa shape index (κ2) is 9.00. The predicted octanol–water partition coefficient (Wildman–Crippen LogP) is -2.05. The highest BCUT2D eigenvalue weighted by Crippen LogP contribution is 2.44. The van der Waals surface area contributed by atoms with E-state index in [1.54, 1.807) is 0 Å². The van der Waals surface area contributed by atoms with Crippen molar-refractivity contribution in [2.75, 3.05) is 18.9 Å². The Labute approximate surface area is 175 Å². The van der Waals surface area contributed by atoms with E-state index in [4.69, 9.17) is 25.3 Å². The zero-order chi connectivity index (χ0) is 22.9. The third-order valence-electron chi connectivity index (χ3n) is 4.50. The van der Waals surface area contributed by atoms with E-state index in [0.29, 0.717) is 0 Å². The summed E-state index contributed by atoms with van der Waals surface area (Å²) in [6, 6.07) is -0.972. The van der Waals surface area contributed by atoms with E-state index in [1.807, 2.05) is 0 Å². The molecule has 3 heterocycles. The number of aromatic nitrogens is 4. The number of H-pyrrole nitrogens is 1. The normalized spacial score (nSPS) is 26.6. The molecule has 1 fully saturated rings. The monoisotopic (exact) mass is 461 g/mol. The van der Waals surface area contributed by atoms with Crippen LogP contribution in [-0.4, -0.2) is 73.2 Å². The molecule has 16 heteroatoms. The quantitative estimate of drug-likeness (QED) is 0.233. The van der Waals surface area contributed by atoms with Gasteiger partial charge in [0.15, 0.2) is 17.7 Å². The topological polar surface area (TPSA) is 230 Å². The predicted molar refractivity (Wildman–Crippen MR) is 105 cm³/mol. The fraction of sp³-hybridized carbons (Fsp3) is 0.600. The van der Waals surface area contributed by atoms with E-state index in [2.05, 4.69) is 20.0 Å². The molecule has 3 rings (SSSR count). The molecule has 8 N–H and O–H groups in total. The molecule has 2 aromatic heterocycles. The fourth-order valence-electron chi connectivity index (χ4n) is 2.95. The van der Waals surface area contributed by atoms with Gasteiger partial charge in [-0.15, -0.1) is 0 Å². The second-order valence-corrected chi connectivity index (χ2v) is 8.51. The first kappa shape index (κ1) is 23.3. The van der Waals surface area contributed by atoms with Gasteiger partial charge in [-0.25, -0.2) is 23.9 Å². The number of anilines is 1. The number of carbonyl (C=O) groups excluding carboxylic acids is 1. The number of ether oxygens (including phenoxy) is 1. The standard InChI is InChI=1S/C15H24N7O8P/c1-3-28-31(27,21-13(25)6(2)16)29-4-7-9(23)10(24)14(30-7)22-12-8(20-15(22)26)11(17)18-5-19-12/h5-7,9-10,14,23-24H,3-4,16H2,1-2H3,(H,20,26)(H2,17,18,19)(H,21,25,27)/t6-,7+,9+,10+,14+,31?/m0/s1. The third-order valence-corrected chi connectivity index (χ3v) is 6.08. The largest absolute Gasteiger partial charge is 0.435 e. The number of nitrogen functional groups attached to an aromatic ring is 1. The Hall–Kier alpha value is -2.39. The second-order valence-electron chi connectivity index (χ2n) is 6.78. The lowest BCUT2D eigenvalue weighted by molar-refractivity contribution is -0.120. The van der Waals surface area contributed by atoms with Gasteiger partial charge in [-0.2, -0.15) is 0 Å². The molecule has 1 unspecified atom stereocenters. The molecule has 1 saturated heterocycles. The number of hydrogen-bond donors (Lipinski definition) is 6. The summed E-state index contributed by atoms with van der Waals surface area (Å²) in [6.07, 6.45) is -4.55. The molecular formula is C15H24N7O8P. The van der Waals surface area contributed by atoms with E-state index in [9.17, 15) is 24.4 Å². The number of nitrogens with two attached hydrogens (primary N) is 2. The lowest BCUT2D eigenvalue weighted by atomic mass is 10.1. The summed E-state index contributed by atoms with van der Waals surface area (Å²) in [7, 11) is -4.13. The summed E-state index contributed by atoms with van der Waals surface area (Å²) < 4.78 is 29.5. The third kappa shape index (κ3) is 4.62. The number of aromatic amines is 1. The number of aliphatic hydroxyl groups is 2. The van der Waals surface area contributed by atoms with Gasteiger partial charge in [-0.3, -0.25) is 18.9 Å². The van der Waals surface area contributed by atoms with E-state index < -0.39 is 56.5 Å². The van der Waals surface area contributed by atoms with Crippen molar-refractivity contribution >= 4 is 30.6 Å². The van der Waals surface area contributed by atoms with E-state index >= 15 is 0 Å². The van der Waals surface area contributed by atoms with E-state index in [0.717, 1.165) is 10.9 Å². The van der Waals surface area contributed by atoms with Crippen molar-refractivity contribution in [2.24, 2.45) is 5.73 Å². The summed E-state index contributed by atoms with van der Waals surface area (Å²) in [5.74, 6) is -0.763. The molecule has 1 aliphatic rings. The first-order valence-electron chi connectivity index (χ1n) is 9.27. The van der Waals surface area contributed by atoms with Crippen molar-refractivity contribution in [2.45, 2.75) is 44.4 Å². The molecule has 1 aliphatic heterocycles. The Morgan fingerprint density at radius 2 is 2.13 bits per heavy atom. The van der Waals surface area contributed by atoms with Crippen LogP contribution in [0.15, 0.2) is 11.1 Å². The van der Waals surface area contributed by atoms with Crippen molar-refractivity contribution in [1.29, 1.82) is 0 Å². The summed E-state index contributed by atoms with van der Waals surface area (Å²) in [5.41, 5.74) is 10.6. The van der Waals surface area contributed by atoms with Gasteiger partial charge >= 0.3 is 13.4 Å². The molecule has 0 spiro atoms. The summed E-state index contributed by atoms with van der Waals surface area (Å²) in [5, 5.41) is 22.9. The summed E-state index contributed by atoms with van der Waals surface area (Å²) in [4.78, 5) is 34.4. The van der Waals surface area contributed by atoms with Crippen LogP contribution >= 0.6 is 7.75 Å². The average Bonchev–Trinajstić information content (AvgIpc) is 3.17. The van der Waals surface area contributed by atoms with Crippen molar-refractivity contribution in [3.05, 3.63) is 16.8 Å². The molecule has 0 saturated carbocycles. The van der Waals surface area contributed by atoms with Crippen molar-refractivity contribution < 1.29 is 33.4 Å². The molecule has 31 heavy (non-hydrogen) atoms. The average molecular weight is 461 g/mol. The van der Waals surface area contributed by atoms with Gasteiger partial charge in [0.2, 0.25) is 5.91 Å². The number of aliphatic hydroxyl groups excluding tert-OH is 2. The Bertz CT molecular complexity index is 1060. The molecule has 172 valence electrons. The lowest BCUT2D eigenvalue weighted by Crippen LogP contribution is -2.38. The van der Waals surface area contributed by atoms with Gasteiger partial charge in [-0.1, -0.05) is 0 Å². The van der Waals surface area contributed by atoms with Gasteiger partial charge in [0.25, 0.3) is 0 Å². The van der Waals surface area contributed by atoms with Crippen LogP contribution in [0.25, 0.3) is 11.2 Å². The van der Waals surface area contributed by atoms with E-state index in [-0.39, 0.29) is 23.6 Å². The van der Waals surface area contributed by atoms with Crippen molar-refractivity contribution in [3.63, 3.8) is 0 Å². The molecule has 2 aromatic rings. The molecule has 0 aliphatic carbocycles. The minimum atomic E-state index is -4.13. The van der Waals surface area contributed by atoms with Gasteiger partial charge in [-0.05, 0) is 13.8 Å². The molecule has 0 radical (unpaired) electrons. The zero-order valence-corrected chi connectivity index (χ0v) is 17.6. The van der Waals surface area contributed by atoms with Gasteiger partial charge in [0.1, 0.15) is 30.2 Å². The smallest absolute Gasteiger partial charge is 0.387 e. The molecule has 15 nitrogen and oxygen atoms in total. The highest BCUT2D eigenvalue weighted by molar-refractivity contribution is 7.52. The molecule has 1 amide bonds. The number of carbonyl (C=O) groups is 1. The first-order valence-corrected chi connectivity index (χ1v) is 10.8. The molecule has 0 bridgehead atoms. The maximum absolute atomic E-state index is 12.7. The Balaban J connectivity index is 1.79. The van der Waals surface area contributed by atoms with Crippen LogP contribution < -0.4 is 22.2 Å². The zero-order valence-electron chi connectivity index (χ0n) is 16.7. The fourth-order valence-corrected chi connectivity index (χ4v) is 4.31. The maximum atomic E-state index is 12.7. The van der Waals surface area contributed by atoms with Crippen LogP contribution in [0.2, 0.25) is 0 Å². The van der Waals surface area contributed by atoms with Crippen LogP contribution in [0, 0.1) is 0 Å². The number of rotatable bonds is 8. The number of hydrogen-bond acceptors (Lipinski definition) is 12. The van der Waals surface area contributed by atoms with Gasteiger partial charge in [0, 0.05) is 0 Å². The number of nitrogens with one attached hydrogen (secondary N) is 2. The lowest BCUT2D eigenvalue weighted by Gasteiger charge is -2.22. The van der Waals surface area contributed by atoms with Crippen molar-refractivity contribution in [3.8, 4) is 0 Å². The number of nitrogens with zero attached hydrogens (tertiary/aromatic N) is 3. The Morgan fingerprint density at radius 1 is 1.42 bits per heavy atom. The van der Waals surface area contributed by atoms with Crippen molar-refractivity contribution in [1.82, 2.24) is 24.6 Å². The summed E-state index contributed by atoms with van der Waals surface area (Å²) >= 11 is 0. The maximum Gasteiger partial charge on any atom is 0.435 e. The number of imidazole rings is 1. The first-order chi connectivity index (χ1) is 14.6. The van der Waals surface area contributed by atoms with Crippen LogP contribution in [0.4, 0.5) is 5.82 Å². The highest BCUT2D eigenvalue weighted by atomic mass is 31.2. The van der Waals surface area contributed by atoms with Crippen LogP contribution in [0.5, 0.6) is 0 Å². The number of amides is 1. The van der Waals surface area contributed by atoms with Gasteiger partial charge in [0.05, 0.1) is 19.3 Å². The Morgan fingerprint density at radius 3 is 2.77 bits per heavy atom. The SMILES string of the molecule is CCOP(=O)(NC(=O)[C@H](C)N)OC[C@H]1O[C@@H](n2c(=O)[nH]c3c(N)ncnc32)[C@H](O)[C@@H]1O. The minimum Gasteiger partial charge on any atom is -0.387 e. The van der Waals surface area contributed by atoms with Gasteiger partial charge < -0.3 is 31.4 Å². The molecule has 0 aromatic carbocycles. The van der Waals surface area contributed by atoms with Crippen LogP contribution in [0.3, 0.4) is 0 Å². The van der Waals surface area contributed by atoms with E-state index in [1.165, 1.54) is 13.8 Å². The van der Waals surface area contributed by atoms with Crippen LogP contribution in [-0.2, 0) is 23.1 Å². The Kier molecular flexibility index (Phi) is 6.76. The molecule has 6 atom stereocenters. The molecular weight excluding hydrogens is 437 g/mol. The minimum absolute atomic E-state index is 0.0105. The van der Waals surface area contributed by atoms with Crippen LogP contribution in [0.1, 0.15) is 20.1 Å².